The molecule has 84 valence electrons. The number of nitrogens with zero attached hydrogens (tertiary/aromatic N) is 4. The van der Waals surface area contributed by atoms with Crippen molar-refractivity contribution >= 4 is 23.1 Å². The summed E-state index contributed by atoms with van der Waals surface area (Å²) in [6.45, 7) is 2.07. The van der Waals surface area contributed by atoms with Crippen molar-refractivity contribution in [1.82, 2.24) is 14.6 Å². The molecule has 0 saturated heterocycles. The normalized spacial score (nSPS) is 10.8. The maximum atomic E-state index is 10.6. The lowest BCUT2D eigenvalue weighted by Gasteiger charge is -1.97. The summed E-state index contributed by atoms with van der Waals surface area (Å²) in [5, 5.41) is 19.3. The van der Waals surface area contributed by atoms with Crippen LogP contribution in [0.5, 0.6) is 0 Å². The average Bonchev–Trinajstić information content (AvgIpc) is 2.68. The van der Waals surface area contributed by atoms with Crippen LogP contribution in [0.2, 0.25) is 0 Å². The highest BCUT2D eigenvalue weighted by atomic mass is 32.2. The topological polar surface area (TPSA) is 73.3 Å². The van der Waals surface area contributed by atoms with Crippen molar-refractivity contribution in [3.8, 4) is 0 Å². The standard InChI is InChI=1S/C9H10N4O2S/c1-2-5-16-9-11-10-8-4-3-7(13(14)15)6-12(8)9/h3-4,6H,2,5H2,1H3. The Morgan fingerprint density at radius 2 is 2.31 bits per heavy atom. The number of rotatable bonds is 4. The zero-order valence-electron chi connectivity index (χ0n) is 8.66. The molecule has 0 bridgehead atoms. The van der Waals surface area contributed by atoms with Crippen molar-refractivity contribution in [2.45, 2.75) is 18.5 Å². The van der Waals surface area contributed by atoms with Gasteiger partial charge >= 0.3 is 0 Å². The van der Waals surface area contributed by atoms with Crippen LogP contribution in [-0.4, -0.2) is 25.3 Å². The highest BCUT2D eigenvalue weighted by Crippen LogP contribution is 2.20. The second-order valence-corrected chi connectivity index (χ2v) is 4.27. The van der Waals surface area contributed by atoms with E-state index in [9.17, 15) is 10.1 Å². The van der Waals surface area contributed by atoms with Gasteiger partial charge in [0, 0.05) is 11.8 Å². The molecule has 0 amide bonds. The highest BCUT2D eigenvalue weighted by molar-refractivity contribution is 7.99. The predicted molar refractivity (Wildman–Crippen MR) is 60.7 cm³/mol. The number of pyridine rings is 1. The molecule has 0 unspecified atom stereocenters. The molecule has 16 heavy (non-hydrogen) atoms. The predicted octanol–water partition coefficient (Wildman–Crippen LogP) is 2.14. The number of hydrogen-bond donors (Lipinski definition) is 0. The van der Waals surface area contributed by atoms with Gasteiger partial charge in [0.1, 0.15) is 0 Å². The monoisotopic (exact) mass is 238 g/mol. The lowest BCUT2D eigenvalue weighted by Crippen LogP contribution is -1.93. The third-order valence-corrected chi connectivity index (χ3v) is 3.15. The number of thioether (sulfide) groups is 1. The average molecular weight is 238 g/mol. The summed E-state index contributed by atoms with van der Waals surface area (Å²) >= 11 is 1.54. The van der Waals surface area contributed by atoms with Gasteiger partial charge in [0.25, 0.3) is 5.69 Å². The summed E-state index contributed by atoms with van der Waals surface area (Å²) in [4.78, 5) is 10.2. The molecule has 0 N–H and O–H groups in total. The second kappa shape index (κ2) is 4.48. The van der Waals surface area contributed by atoms with E-state index in [0.29, 0.717) is 10.8 Å². The maximum absolute atomic E-state index is 10.6. The largest absolute Gasteiger partial charge is 0.286 e. The SMILES string of the molecule is CCCSc1nnc2ccc([N+](=O)[O-])cn12. The van der Waals surface area contributed by atoms with Gasteiger partial charge in [-0.1, -0.05) is 18.7 Å². The Morgan fingerprint density at radius 1 is 1.50 bits per heavy atom. The number of aromatic nitrogens is 3. The van der Waals surface area contributed by atoms with E-state index in [1.165, 1.54) is 12.3 Å². The van der Waals surface area contributed by atoms with Crippen molar-refractivity contribution < 1.29 is 4.92 Å². The Labute approximate surface area is 95.8 Å². The minimum Gasteiger partial charge on any atom is -0.270 e. The molecule has 2 aromatic heterocycles. The summed E-state index contributed by atoms with van der Waals surface area (Å²) < 4.78 is 1.65. The smallest absolute Gasteiger partial charge is 0.270 e. The molecule has 0 fully saturated rings. The molecular weight excluding hydrogens is 228 g/mol. The molecule has 0 aliphatic rings. The minimum atomic E-state index is -0.423. The van der Waals surface area contributed by atoms with Gasteiger partial charge in [0.15, 0.2) is 10.8 Å². The molecule has 0 atom stereocenters. The molecule has 2 heterocycles. The Balaban J connectivity index is 2.43. The fourth-order valence-corrected chi connectivity index (χ4v) is 2.03. The minimum absolute atomic E-state index is 0.0469. The molecule has 0 aromatic carbocycles. The lowest BCUT2D eigenvalue weighted by molar-refractivity contribution is -0.385. The molecule has 0 radical (unpaired) electrons. The fourth-order valence-electron chi connectivity index (χ4n) is 1.26. The van der Waals surface area contributed by atoms with Crippen molar-refractivity contribution in [2.24, 2.45) is 0 Å². The van der Waals surface area contributed by atoms with Crippen molar-refractivity contribution in [3.05, 3.63) is 28.4 Å². The van der Waals surface area contributed by atoms with E-state index >= 15 is 0 Å². The van der Waals surface area contributed by atoms with Crippen LogP contribution in [0.4, 0.5) is 5.69 Å². The summed E-state index contributed by atoms with van der Waals surface area (Å²) in [6, 6.07) is 3.03. The quantitative estimate of drug-likeness (QED) is 0.463. The number of hydrogen-bond acceptors (Lipinski definition) is 5. The highest BCUT2D eigenvalue weighted by Gasteiger charge is 2.10. The first kappa shape index (κ1) is 10.9. The summed E-state index contributed by atoms with van der Waals surface area (Å²) in [6.07, 6.45) is 2.47. The van der Waals surface area contributed by atoms with Gasteiger partial charge in [-0.05, 0) is 12.5 Å². The third-order valence-electron chi connectivity index (χ3n) is 2.00. The summed E-state index contributed by atoms with van der Waals surface area (Å²) in [5.74, 6) is 0.920. The molecule has 0 spiro atoms. The van der Waals surface area contributed by atoms with E-state index < -0.39 is 4.92 Å². The molecule has 6 nitrogen and oxygen atoms in total. The maximum Gasteiger partial charge on any atom is 0.286 e. The van der Waals surface area contributed by atoms with Gasteiger partial charge < -0.3 is 0 Å². The molecule has 7 heteroatoms. The Morgan fingerprint density at radius 3 is 3.00 bits per heavy atom. The first-order chi connectivity index (χ1) is 7.72. The van der Waals surface area contributed by atoms with Crippen LogP contribution < -0.4 is 0 Å². The van der Waals surface area contributed by atoms with E-state index in [1.54, 1.807) is 22.2 Å². The van der Waals surface area contributed by atoms with Gasteiger partial charge in [-0.15, -0.1) is 10.2 Å². The van der Waals surface area contributed by atoms with Crippen LogP contribution in [-0.2, 0) is 0 Å². The second-order valence-electron chi connectivity index (χ2n) is 3.20. The van der Waals surface area contributed by atoms with Crippen molar-refractivity contribution in [1.29, 1.82) is 0 Å². The molecule has 0 aliphatic heterocycles. The first-order valence-electron chi connectivity index (χ1n) is 4.84. The first-order valence-corrected chi connectivity index (χ1v) is 5.83. The van der Waals surface area contributed by atoms with Crippen LogP contribution in [0.3, 0.4) is 0 Å². The molecular formula is C9H10N4O2S. The van der Waals surface area contributed by atoms with Crippen molar-refractivity contribution in [3.63, 3.8) is 0 Å². The van der Waals surface area contributed by atoms with Crippen LogP contribution in [0.1, 0.15) is 13.3 Å². The molecule has 2 aromatic rings. The van der Waals surface area contributed by atoms with Gasteiger partial charge in [-0.25, -0.2) is 0 Å². The van der Waals surface area contributed by atoms with Crippen LogP contribution in [0, 0.1) is 10.1 Å². The molecule has 0 aliphatic carbocycles. The number of nitro groups is 1. The van der Waals surface area contributed by atoms with Gasteiger partial charge in [-0.3, -0.25) is 14.5 Å². The van der Waals surface area contributed by atoms with E-state index in [1.807, 2.05) is 0 Å². The Hall–Kier alpha value is -1.63. The number of fused-ring (bicyclic) bond motifs is 1. The van der Waals surface area contributed by atoms with Crippen LogP contribution in [0.25, 0.3) is 5.65 Å². The Kier molecular flexibility index (Phi) is 3.04. The molecule has 2 rings (SSSR count). The van der Waals surface area contributed by atoms with Gasteiger partial charge in [0.2, 0.25) is 0 Å². The van der Waals surface area contributed by atoms with Gasteiger partial charge in [-0.2, -0.15) is 0 Å². The van der Waals surface area contributed by atoms with E-state index in [-0.39, 0.29) is 5.69 Å². The van der Waals surface area contributed by atoms with E-state index in [4.69, 9.17) is 0 Å². The van der Waals surface area contributed by atoms with Crippen LogP contribution in [0.15, 0.2) is 23.5 Å². The third kappa shape index (κ3) is 1.99. The Bertz CT molecular complexity index is 525. The molecule has 0 saturated carbocycles. The summed E-state index contributed by atoms with van der Waals surface area (Å²) in [7, 11) is 0. The zero-order chi connectivity index (χ0) is 11.5. The van der Waals surface area contributed by atoms with Gasteiger partial charge in [0.05, 0.1) is 11.1 Å². The summed E-state index contributed by atoms with van der Waals surface area (Å²) in [5.41, 5.74) is 0.676. The van der Waals surface area contributed by atoms with Crippen molar-refractivity contribution in [2.75, 3.05) is 5.75 Å². The zero-order valence-corrected chi connectivity index (χ0v) is 9.48. The lowest BCUT2D eigenvalue weighted by atomic mass is 10.4. The van der Waals surface area contributed by atoms with E-state index in [2.05, 4.69) is 17.1 Å². The fraction of sp³-hybridized carbons (Fsp3) is 0.333. The van der Waals surface area contributed by atoms with E-state index in [0.717, 1.165) is 12.2 Å². The van der Waals surface area contributed by atoms with Crippen LogP contribution >= 0.6 is 11.8 Å².